The second-order valence-corrected chi connectivity index (χ2v) is 8.08. The smallest absolute Gasteiger partial charge is 0.242 e. The first kappa shape index (κ1) is 16.2. The molecule has 0 aromatic carbocycles. The zero-order valence-electron chi connectivity index (χ0n) is 11.3. The Labute approximate surface area is 133 Å². The van der Waals surface area contributed by atoms with Gasteiger partial charge in [0.2, 0.25) is 10.0 Å². The molecule has 0 bridgehead atoms. The molecule has 1 aromatic rings. The van der Waals surface area contributed by atoms with Crippen LogP contribution in [0.5, 0.6) is 0 Å². The van der Waals surface area contributed by atoms with Gasteiger partial charge in [-0.25, -0.2) is 13.4 Å². The van der Waals surface area contributed by atoms with Crippen LogP contribution in [0.15, 0.2) is 21.6 Å². The maximum absolute atomic E-state index is 12.8. The highest BCUT2D eigenvalue weighted by Crippen LogP contribution is 2.31. The van der Waals surface area contributed by atoms with E-state index in [2.05, 4.69) is 20.9 Å². The van der Waals surface area contributed by atoms with Gasteiger partial charge in [-0.1, -0.05) is 37.8 Å². The van der Waals surface area contributed by atoms with E-state index in [9.17, 15) is 8.42 Å². The lowest BCUT2D eigenvalue weighted by Crippen LogP contribution is -2.41. The van der Waals surface area contributed by atoms with Gasteiger partial charge in [0, 0.05) is 23.3 Å². The van der Waals surface area contributed by atoms with E-state index in [4.69, 9.17) is 11.6 Å². The van der Waals surface area contributed by atoms with Crippen molar-refractivity contribution in [1.29, 1.82) is 0 Å². The molecule has 1 aromatic heterocycles. The highest BCUT2D eigenvalue weighted by Gasteiger charge is 2.32. The van der Waals surface area contributed by atoms with E-state index in [-0.39, 0.29) is 16.1 Å². The highest BCUT2D eigenvalue weighted by atomic mass is 79.9. The number of rotatable bonds is 4. The molecular formula is C13H18BrClN2O2S. The third-order valence-corrected chi connectivity index (χ3v) is 6.54. The zero-order valence-corrected chi connectivity index (χ0v) is 14.5. The number of hydrogen-bond acceptors (Lipinski definition) is 3. The summed E-state index contributed by atoms with van der Waals surface area (Å²) in [5.74, 6) is 0. The van der Waals surface area contributed by atoms with Crippen LogP contribution in [0, 0.1) is 0 Å². The molecule has 0 radical (unpaired) electrons. The highest BCUT2D eigenvalue weighted by molar-refractivity contribution is 9.10. The van der Waals surface area contributed by atoms with Crippen molar-refractivity contribution in [1.82, 2.24) is 9.29 Å². The number of sulfonamides is 1. The summed E-state index contributed by atoms with van der Waals surface area (Å²) in [7, 11) is -3.60. The van der Waals surface area contributed by atoms with Crippen LogP contribution in [0.3, 0.4) is 0 Å². The van der Waals surface area contributed by atoms with Crippen LogP contribution in [0.25, 0.3) is 0 Å². The predicted molar refractivity (Wildman–Crippen MR) is 83.4 cm³/mol. The van der Waals surface area contributed by atoms with Crippen LogP contribution >= 0.6 is 27.5 Å². The second-order valence-electron chi connectivity index (χ2n) is 4.94. The van der Waals surface area contributed by atoms with E-state index in [1.807, 2.05) is 6.92 Å². The molecule has 0 aliphatic heterocycles. The van der Waals surface area contributed by atoms with Gasteiger partial charge in [0.25, 0.3) is 0 Å². The lowest BCUT2D eigenvalue weighted by Gasteiger charge is -2.32. The number of aromatic nitrogens is 1. The van der Waals surface area contributed by atoms with Crippen molar-refractivity contribution >= 4 is 37.6 Å². The Morgan fingerprint density at radius 2 is 2.05 bits per heavy atom. The molecule has 0 spiro atoms. The van der Waals surface area contributed by atoms with Gasteiger partial charge in [0.05, 0.1) is 0 Å². The molecule has 1 aliphatic rings. The first-order chi connectivity index (χ1) is 9.46. The third-order valence-electron chi connectivity index (χ3n) is 3.65. The fraction of sp³-hybridized carbons (Fsp3) is 0.615. The lowest BCUT2D eigenvalue weighted by molar-refractivity contribution is 0.261. The van der Waals surface area contributed by atoms with Crippen LogP contribution in [0.2, 0.25) is 5.15 Å². The molecule has 7 heteroatoms. The molecule has 0 amide bonds. The zero-order chi connectivity index (χ0) is 14.8. The molecule has 20 heavy (non-hydrogen) atoms. The summed E-state index contributed by atoms with van der Waals surface area (Å²) in [6.45, 7) is 2.32. The molecule has 1 heterocycles. The molecule has 4 nitrogen and oxygen atoms in total. The van der Waals surface area contributed by atoms with Gasteiger partial charge in [0.15, 0.2) is 0 Å². The summed E-state index contributed by atoms with van der Waals surface area (Å²) in [4.78, 5) is 4.00. The molecule has 112 valence electrons. The van der Waals surface area contributed by atoms with Crippen molar-refractivity contribution in [3.8, 4) is 0 Å². The maximum atomic E-state index is 12.8. The summed E-state index contributed by atoms with van der Waals surface area (Å²) in [5.41, 5.74) is 0. The van der Waals surface area contributed by atoms with Gasteiger partial charge in [-0.15, -0.1) is 0 Å². The number of halogens is 2. The Kier molecular flexibility index (Phi) is 5.45. The van der Waals surface area contributed by atoms with Gasteiger partial charge in [-0.2, -0.15) is 4.31 Å². The van der Waals surface area contributed by atoms with Crippen molar-refractivity contribution in [2.45, 2.75) is 50.0 Å². The quantitative estimate of drug-likeness (QED) is 0.745. The largest absolute Gasteiger partial charge is 0.246 e. The monoisotopic (exact) mass is 380 g/mol. The maximum Gasteiger partial charge on any atom is 0.246 e. The van der Waals surface area contributed by atoms with E-state index >= 15 is 0 Å². The van der Waals surface area contributed by atoms with Crippen molar-refractivity contribution in [3.05, 3.63) is 21.9 Å². The van der Waals surface area contributed by atoms with Gasteiger partial charge in [0.1, 0.15) is 10.0 Å². The van der Waals surface area contributed by atoms with Crippen LogP contribution in [-0.4, -0.2) is 30.3 Å². The van der Waals surface area contributed by atoms with Crippen molar-refractivity contribution < 1.29 is 8.42 Å². The molecule has 1 fully saturated rings. The van der Waals surface area contributed by atoms with E-state index in [0.717, 1.165) is 25.7 Å². The lowest BCUT2D eigenvalue weighted by atomic mass is 9.95. The standard InChI is InChI=1S/C13H18BrClN2O2S/c1-2-17(11-6-4-3-5-7-11)20(18,19)12-8-10(14)9-16-13(12)15/h8-9,11H,2-7H2,1H3. The van der Waals surface area contributed by atoms with Crippen molar-refractivity contribution in [2.24, 2.45) is 0 Å². The minimum atomic E-state index is -3.60. The molecular weight excluding hydrogens is 364 g/mol. The van der Waals surface area contributed by atoms with Crippen LogP contribution in [-0.2, 0) is 10.0 Å². The van der Waals surface area contributed by atoms with Crippen molar-refractivity contribution in [3.63, 3.8) is 0 Å². The van der Waals surface area contributed by atoms with Gasteiger partial charge in [-0.3, -0.25) is 0 Å². The van der Waals surface area contributed by atoms with Crippen LogP contribution in [0.1, 0.15) is 39.0 Å². The summed E-state index contributed by atoms with van der Waals surface area (Å²) >= 11 is 9.23. The fourth-order valence-electron chi connectivity index (χ4n) is 2.70. The topological polar surface area (TPSA) is 50.3 Å². The van der Waals surface area contributed by atoms with Crippen molar-refractivity contribution in [2.75, 3.05) is 6.54 Å². The molecule has 1 saturated carbocycles. The van der Waals surface area contributed by atoms with Crippen LogP contribution in [0.4, 0.5) is 0 Å². The summed E-state index contributed by atoms with van der Waals surface area (Å²) in [6.07, 6.45) is 6.70. The Morgan fingerprint density at radius 1 is 1.40 bits per heavy atom. The average Bonchev–Trinajstić information content (AvgIpc) is 2.43. The number of pyridine rings is 1. The fourth-order valence-corrected chi connectivity index (χ4v) is 5.32. The molecule has 0 N–H and O–H groups in total. The first-order valence-corrected chi connectivity index (χ1v) is 9.40. The molecule has 0 atom stereocenters. The third kappa shape index (κ3) is 3.35. The van der Waals surface area contributed by atoms with Crippen LogP contribution < -0.4 is 0 Å². The van der Waals surface area contributed by atoms with Gasteiger partial charge < -0.3 is 0 Å². The van der Waals surface area contributed by atoms with Gasteiger partial charge >= 0.3 is 0 Å². The summed E-state index contributed by atoms with van der Waals surface area (Å²) in [6, 6.07) is 1.60. The van der Waals surface area contributed by atoms with E-state index in [1.54, 1.807) is 4.31 Å². The summed E-state index contributed by atoms with van der Waals surface area (Å²) < 4.78 is 27.8. The summed E-state index contributed by atoms with van der Waals surface area (Å²) in [5, 5.41) is 0.0301. The van der Waals surface area contributed by atoms with Gasteiger partial charge in [-0.05, 0) is 34.8 Å². The normalized spacial score (nSPS) is 17.6. The van der Waals surface area contributed by atoms with E-state index in [0.29, 0.717) is 11.0 Å². The Bertz CT molecular complexity index is 574. The minimum Gasteiger partial charge on any atom is -0.242 e. The molecule has 1 aliphatic carbocycles. The average molecular weight is 382 g/mol. The Morgan fingerprint density at radius 3 is 2.65 bits per heavy atom. The number of nitrogens with zero attached hydrogens (tertiary/aromatic N) is 2. The second kappa shape index (κ2) is 6.73. The Hall–Kier alpha value is -0.170. The Balaban J connectivity index is 2.38. The molecule has 0 unspecified atom stereocenters. The predicted octanol–water partition coefficient (Wildman–Crippen LogP) is 3.84. The number of hydrogen-bond donors (Lipinski definition) is 0. The molecule has 2 rings (SSSR count). The SMILES string of the molecule is CCN(C1CCCCC1)S(=O)(=O)c1cc(Br)cnc1Cl. The molecule has 0 saturated heterocycles. The minimum absolute atomic E-state index is 0.0301. The first-order valence-electron chi connectivity index (χ1n) is 6.79. The van der Waals surface area contributed by atoms with E-state index < -0.39 is 10.0 Å². The van der Waals surface area contributed by atoms with E-state index in [1.165, 1.54) is 18.7 Å².